The van der Waals surface area contributed by atoms with Crippen molar-refractivity contribution >= 4 is 34.1 Å². The van der Waals surface area contributed by atoms with Gasteiger partial charge in [0.2, 0.25) is 5.91 Å². The van der Waals surface area contributed by atoms with E-state index in [1.54, 1.807) is 25.3 Å². The molecule has 0 saturated carbocycles. The number of pyridine rings is 1. The summed E-state index contributed by atoms with van der Waals surface area (Å²) in [5.41, 5.74) is 1.42. The predicted molar refractivity (Wildman–Crippen MR) is 99.3 cm³/mol. The number of halogens is 2. The summed E-state index contributed by atoms with van der Waals surface area (Å²) >= 11 is 6.12. The van der Waals surface area contributed by atoms with Gasteiger partial charge in [-0.2, -0.15) is 0 Å². The first kappa shape index (κ1) is 17.4. The van der Waals surface area contributed by atoms with Gasteiger partial charge in [-0.15, -0.1) is 11.6 Å². The van der Waals surface area contributed by atoms with Crippen LogP contribution in [-0.4, -0.2) is 16.8 Å². The molecule has 0 bridgehead atoms. The molecule has 5 heteroatoms. The van der Waals surface area contributed by atoms with Crippen LogP contribution in [0.2, 0.25) is 0 Å². The lowest BCUT2D eigenvalue weighted by Gasteiger charge is -2.26. The van der Waals surface area contributed by atoms with Gasteiger partial charge in [0, 0.05) is 17.5 Å². The Kier molecular flexibility index (Phi) is 5.00. The third kappa shape index (κ3) is 3.80. The third-order valence-electron chi connectivity index (χ3n) is 4.23. The molecule has 2 aromatic carbocycles. The van der Waals surface area contributed by atoms with Crippen molar-refractivity contribution in [2.24, 2.45) is 5.41 Å². The van der Waals surface area contributed by atoms with E-state index in [9.17, 15) is 9.18 Å². The number of rotatable bonds is 5. The largest absolute Gasteiger partial charge is 0.324 e. The standard InChI is InChI=1S/C20H18ClFN2O/c1-20(13-21,12-14-7-9-16(22)10-8-14)19(25)24-17-6-2-4-15-5-3-11-23-18(15)17/h2-11H,12-13H2,1H3,(H,24,25). The molecule has 1 N–H and O–H groups in total. The Bertz CT molecular complexity index is 892. The molecule has 0 aliphatic heterocycles. The van der Waals surface area contributed by atoms with E-state index in [2.05, 4.69) is 10.3 Å². The summed E-state index contributed by atoms with van der Waals surface area (Å²) in [4.78, 5) is 17.2. The second-order valence-corrected chi connectivity index (χ2v) is 6.60. The molecule has 1 heterocycles. The molecule has 1 amide bonds. The van der Waals surface area contributed by atoms with E-state index in [1.807, 2.05) is 30.3 Å². The minimum absolute atomic E-state index is 0.147. The van der Waals surface area contributed by atoms with E-state index in [0.717, 1.165) is 16.5 Å². The van der Waals surface area contributed by atoms with E-state index in [0.29, 0.717) is 12.1 Å². The van der Waals surface area contributed by atoms with Gasteiger partial charge in [0.15, 0.2) is 0 Å². The van der Waals surface area contributed by atoms with Crippen molar-refractivity contribution in [1.82, 2.24) is 4.98 Å². The van der Waals surface area contributed by atoms with Crippen LogP contribution >= 0.6 is 11.6 Å². The fourth-order valence-corrected chi connectivity index (χ4v) is 2.94. The number of benzene rings is 2. The number of hydrogen-bond acceptors (Lipinski definition) is 2. The summed E-state index contributed by atoms with van der Waals surface area (Å²) in [7, 11) is 0. The average molecular weight is 357 g/mol. The molecule has 0 saturated heterocycles. The fraction of sp³-hybridized carbons (Fsp3) is 0.200. The summed E-state index contributed by atoms with van der Waals surface area (Å²) in [6.45, 7) is 1.80. The molecular weight excluding hydrogens is 339 g/mol. The van der Waals surface area contributed by atoms with E-state index < -0.39 is 5.41 Å². The van der Waals surface area contributed by atoms with E-state index >= 15 is 0 Å². The van der Waals surface area contributed by atoms with Gasteiger partial charge in [-0.1, -0.05) is 30.3 Å². The van der Waals surface area contributed by atoms with Crippen LogP contribution in [0.25, 0.3) is 10.9 Å². The van der Waals surface area contributed by atoms with E-state index in [4.69, 9.17) is 11.6 Å². The number of amides is 1. The maximum Gasteiger partial charge on any atom is 0.231 e. The summed E-state index contributed by atoms with van der Waals surface area (Å²) in [6, 6.07) is 15.5. The summed E-state index contributed by atoms with van der Waals surface area (Å²) in [5, 5.41) is 3.90. The van der Waals surface area contributed by atoms with Crippen molar-refractivity contribution in [2.45, 2.75) is 13.3 Å². The molecule has 3 nitrogen and oxygen atoms in total. The summed E-state index contributed by atoms with van der Waals surface area (Å²) in [6.07, 6.45) is 2.11. The van der Waals surface area contributed by atoms with Gasteiger partial charge in [-0.05, 0) is 43.2 Å². The van der Waals surface area contributed by atoms with Gasteiger partial charge >= 0.3 is 0 Å². The summed E-state index contributed by atoms with van der Waals surface area (Å²) in [5.74, 6) is -0.346. The van der Waals surface area contributed by atoms with Gasteiger partial charge < -0.3 is 5.32 Å². The number of carbonyl (C=O) groups excluding carboxylic acids is 1. The second-order valence-electron chi connectivity index (χ2n) is 6.33. The number of anilines is 1. The SMILES string of the molecule is CC(CCl)(Cc1ccc(F)cc1)C(=O)Nc1cccc2cccnc12. The fourth-order valence-electron chi connectivity index (χ4n) is 2.72. The quantitative estimate of drug-likeness (QED) is 0.667. The number of para-hydroxylation sites is 1. The van der Waals surface area contributed by atoms with Gasteiger partial charge in [0.1, 0.15) is 5.82 Å². The van der Waals surface area contributed by atoms with Crippen LogP contribution in [0.4, 0.5) is 10.1 Å². The molecule has 0 radical (unpaired) electrons. The molecule has 1 unspecified atom stereocenters. The predicted octanol–water partition coefficient (Wildman–Crippen LogP) is 4.80. The highest BCUT2D eigenvalue weighted by Gasteiger charge is 2.33. The lowest BCUT2D eigenvalue weighted by atomic mass is 9.84. The maximum absolute atomic E-state index is 13.1. The normalized spacial score (nSPS) is 13.4. The Hall–Kier alpha value is -2.46. The number of hydrogen-bond donors (Lipinski definition) is 1. The van der Waals surface area contributed by atoms with Crippen LogP contribution in [0, 0.1) is 11.2 Å². The monoisotopic (exact) mass is 356 g/mol. The first-order chi connectivity index (χ1) is 12.0. The van der Waals surface area contributed by atoms with Crippen molar-refractivity contribution in [1.29, 1.82) is 0 Å². The van der Waals surface area contributed by atoms with Gasteiger partial charge in [-0.3, -0.25) is 9.78 Å². The van der Waals surface area contributed by atoms with Crippen LogP contribution in [-0.2, 0) is 11.2 Å². The number of carbonyl (C=O) groups is 1. The Labute approximate surface area is 150 Å². The average Bonchev–Trinajstić information content (AvgIpc) is 2.64. The zero-order chi connectivity index (χ0) is 17.9. The Morgan fingerprint density at radius 1 is 1.16 bits per heavy atom. The molecule has 25 heavy (non-hydrogen) atoms. The van der Waals surface area contributed by atoms with Gasteiger partial charge in [0.25, 0.3) is 0 Å². The lowest BCUT2D eigenvalue weighted by Crippen LogP contribution is -2.37. The van der Waals surface area contributed by atoms with Crippen LogP contribution in [0.3, 0.4) is 0 Å². The van der Waals surface area contributed by atoms with Crippen molar-refractivity contribution < 1.29 is 9.18 Å². The minimum atomic E-state index is -0.823. The molecule has 128 valence electrons. The molecule has 0 spiro atoms. The number of nitrogens with one attached hydrogen (secondary N) is 1. The number of nitrogens with zero attached hydrogens (tertiary/aromatic N) is 1. The molecule has 3 rings (SSSR count). The van der Waals surface area contributed by atoms with Crippen LogP contribution in [0.5, 0.6) is 0 Å². The van der Waals surface area contributed by atoms with Crippen molar-refractivity contribution in [3.8, 4) is 0 Å². The Balaban J connectivity index is 1.85. The molecule has 0 fully saturated rings. The first-order valence-corrected chi connectivity index (χ1v) is 8.51. The minimum Gasteiger partial charge on any atom is -0.324 e. The van der Waals surface area contributed by atoms with E-state index in [1.165, 1.54) is 12.1 Å². The number of fused-ring (bicyclic) bond motifs is 1. The molecule has 1 atom stereocenters. The molecule has 0 aliphatic rings. The smallest absolute Gasteiger partial charge is 0.231 e. The zero-order valence-electron chi connectivity index (χ0n) is 13.8. The van der Waals surface area contributed by atoms with Crippen molar-refractivity contribution in [3.63, 3.8) is 0 Å². The Morgan fingerprint density at radius 2 is 1.88 bits per heavy atom. The highest BCUT2D eigenvalue weighted by Crippen LogP contribution is 2.28. The number of aromatic nitrogens is 1. The van der Waals surface area contributed by atoms with Crippen LogP contribution in [0.1, 0.15) is 12.5 Å². The van der Waals surface area contributed by atoms with Crippen molar-refractivity contribution in [2.75, 3.05) is 11.2 Å². The Morgan fingerprint density at radius 3 is 2.60 bits per heavy atom. The molecule has 3 aromatic rings. The highest BCUT2D eigenvalue weighted by molar-refractivity contribution is 6.20. The summed E-state index contributed by atoms with van der Waals surface area (Å²) < 4.78 is 13.1. The maximum atomic E-state index is 13.1. The first-order valence-electron chi connectivity index (χ1n) is 7.97. The second kappa shape index (κ2) is 7.19. The van der Waals surface area contributed by atoms with Gasteiger partial charge in [0.05, 0.1) is 16.6 Å². The third-order valence-corrected chi connectivity index (χ3v) is 4.82. The van der Waals surface area contributed by atoms with Crippen molar-refractivity contribution in [3.05, 3.63) is 72.2 Å². The van der Waals surface area contributed by atoms with Crippen LogP contribution < -0.4 is 5.32 Å². The molecule has 0 aliphatic carbocycles. The lowest BCUT2D eigenvalue weighted by molar-refractivity contribution is -0.123. The number of alkyl halides is 1. The van der Waals surface area contributed by atoms with Crippen LogP contribution in [0.15, 0.2) is 60.8 Å². The molecular formula is C20H18ClFN2O. The zero-order valence-corrected chi connectivity index (χ0v) is 14.6. The topological polar surface area (TPSA) is 42.0 Å². The van der Waals surface area contributed by atoms with E-state index in [-0.39, 0.29) is 17.6 Å². The van der Waals surface area contributed by atoms with Gasteiger partial charge in [-0.25, -0.2) is 4.39 Å². The highest BCUT2D eigenvalue weighted by atomic mass is 35.5. The molecule has 1 aromatic heterocycles.